The third-order valence-corrected chi connectivity index (χ3v) is 2.25. The van der Waals surface area contributed by atoms with E-state index in [0.717, 1.165) is 12.8 Å². The predicted molar refractivity (Wildman–Crippen MR) is 58.8 cm³/mol. The number of allylic oxidation sites excluding steroid dienone is 1. The molecule has 1 rings (SSSR count). The van der Waals surface area contributed by atoms with Crippen LogP contribution in [0.1, 0.15) is 26.7 Å². The van der Waals surface area contributed by atoms with E-state index in [9.17, 15) is 4.79 Å². The summed E-state index contributed by atoms with van der Waals surface area (Å²) in [5, 5.41) is 0. The van der Waals surface area contributed by atoms with Crippen LogP contribution in [0, 0.1) is 5.92 Å². The van der Waals surface area contributed by atoms with Gasteiger partial charge in [0.05, 0.1) is 0 Å². The number of carbonyl (C=O) groups excluding carboxylic acids is 1. The molecule has 1 aromatic rings. The van der Waals surface area contributed by atoms with Crippen LogP contribution in [-0.4, -0.2) is 10.4 Å². The van der Waals surface area contributed by atoms with Crippen molar-refractivity contribution >= 4 is 12.0 Å². The summed E-state index contributed by atoms with van der Waals surface area (Å²) in [4.78, 5) is 11.5. The summed E-state index contributed by atoms with van der Waals surface area (Å²) < 4.78 is 1.87. The lowest BCUT2D eigenvalue weighted by atomic mass is 10.0. The zero-order valence-corrected chi connectivity index (χ0v) is 8.81. The van der Waals surface area contributed by atoms with Crippen LogP contribution >= 0.6 is 0 Å². The summed E-state index contributed by atoms with van der Waals surface area (Å²) in [7, 11) is 0. The molecular weight excluding hydrogens is 174 g/mol. The molecule has 0 saturated heterocycles. The molecule has 0 aliphatic heterocycles. The average Bonchev–Trinajstić information content (AvgIpc) is 2.67. The van der Waals surface area contributed by atoms with Crippen molar-refractivity contribution in [2.24, 2.45) is 5.92 Å². The van der Waals surface area contributed by atoms with Crippen molar-refractivity contribution in [3.05, 3.63) is 30.6 Å². The molecule has 0 radical (unpaired) electrons. The average molecular weight is 191 g/mol. The predicted octanol–water partition coefficient (Wildman–Crippen LogP) is 2.96. The molecular formula is C12H17NO. The first-order valence-electron chi connectivity index (χ1n) is 5.08. The van der Waals surface area contributed by atoms with Gasteiger partial charge in [-0.3, -0.25) is 4.79 Å². The van der Waals surface area contributed by atoms with Crippen molar-refractivity contribution in [3.63, 3.8) is 0 Å². The zero-order chi connectivity index (χ0) is 10.4. The number of carbonyl (C=O) groups is 1. The van der Waals surface area contributed by atoms with Crippen molar-refractivity contribution < 1.29 is 4.79 Å². The van der Waals surface area contributed by atoms with Crippen molar-refractivity contribution in [3.8, 4) is 0 Å². The molecule has 2 nitrogen and oxygen atoms in total. The highest BCUT2D eigenvalue weighted by molar-refractivity contribution is 5.93. The lowest BCUT2D eigenvalue weighted by Crippen LogP contribution is -2.07. The fourth-order valence-corrected chi connectivity index (χ4v) is 1.35. The highest BCUT2D eigenvalue weighted by Crippen LogP contribution is 2.07. The second-order valence-corrected chi connectivity index (χ2v) is 3.54. The van der Waals surface area contributed by atoms with Crippen LogP contribution in [0.2, 0.25) is 0 Å². The Morgan fingerprint density at radius 1 is 1.43 bits per heavy atom. The molecule has 0 amide bonds. The normalized spacial score (nSPS) is 13.3. The van der Waals surface area contributed by atoms with Gasteiger partial charge in [-0.25, -0.2) is 0 Å². The molecule has 0 aliphatic carbocycles. The summed E-state index contributed by atoms with van der Waals surface area (Å²) in [5.74, 6) is 0.354. The van der Waals surface area contributed by atoms with E-state index in [1.54, 1.807) is 12.3 Å². The SMILES string of the molecule is CCCC(C)C(=O)/C=C/n1cccc1. The van der Waals surface area contributed by atoms with Gasteiger partial charge < -0.3 is 4.57 Å². The quantitative estimate of drug-likeness (QED) is 0.656. The molecule has 14 heavy (non-hydrogen) atoms. The first-order valence-corrected chi connectivity index (χ1v) is 5.08. The van der Waals surface area contributed by atoms with E-state index >= 15 is 0 Å². The highest BCUT2D eigenvalue weighted by Gasteiger charge is 2.07. The van der Waals surface area contributed by atoms with Crippen molar-refractivity contribution in [2.75, 3.05) is 0 Å². The van der Waals surface area contributed by atoms with E-state index in [1.807, 2.05) is 36.0 Å². The standard InChI is InChI=1S/C12H17NO/c1-3-6-11(2)12(14)7-10-13-8-4-5-9-13/h4-5,7-11H,3,6H2,1-2H3/b10-7+. The maximum Gasteiger partial charge on any atom is 0.159 e. The first kappa shape index (κ1) is 10.8. The molecule has 1 unspecified atom stereocenters. The lowest BCUT2D eigenvalue weighted by Gasteiger charge is -2.04. The molecule has 76 valence electrons. The van der Waals surface area contributed by atoms with Gasteiger partial charge in [0.1, 0.15) is 0 Å². The summed E-state index contributed by atoms with van der Waals surface area (Å²) in [6.45, 7) is 4.07. The van der Waals surface area contributed by atoms with Crippen molar-refractivity contribution in [2.45, 2.75) is 26.7 Å². The van der Waals surface area contributed by atoms with Crippen LogP contribution < -0.4 is 0 Å². The minimum atomic E-state index is 0.145. The molecule has 0 aliphatic rings. The smallest absolute Gasteiger partial charge is 0.159 e. The Labute approximate surface area is 85.2 Å². The molecule has 0 fully saturated rings. The summed E-state index contributed by atoms with van der Waals surface area (Å²) in [6, 6.07) is 3.87. The van der Waals surface area contributed by atoms with Crippen LogP contribution in [0.15, 0.2) is 30.6 Å². The second kappa shape index (κ2) is 5.43. The molecule has 0 bridgehead atoms. The molecule has 1 atom stereocenters. The van der Waals surface area contributed by atoms with Crippen LogP contribution in [0.5, 0.6) is 0 Å². The molecule has 0 aromatic carbocycles. The fourth-order valence-electron chi connectivity index (χ4n) is 1.35. The Balaban J connectivity index is 2.48. The molecule has 2 heteroatoms. The zero-order valence-electron chi connectivity index (χ0n) is 8.81. The summed E-state index contributed by atoms with van der Waals surface area (Å²) in [5.41, 5.74) is 0. The van der Waals surface area contributed by atoms with Crippen molar-refractivity contribution in [1.29, 1.82) is 0 Å². The van der Waals surface area contributed by atoms with Gasteiger partial charge in [-0.15, -0.1) is 0 Å². The Bertz CT molecular complexity index is 298. The monoisotopic (exact) mass is 191 g/mol. The minimum Gasteiger partial charge on any atom is -0.330 e. The van der Waals surface area contributed by atoms with Gasteiger partial charge >= 0.3 is 0 Å². The Morgan fingerprint density at radius 3 is 2.64 bits per heavy atom. The Kier molecular flexibility index (Phi) is 4.17. The van der Waals surface area contributed by atoms with E-state index in [-0.39, 0.29) is 11.7 Å². The highest BCUT2D eigenvalue weighted by atomic mass is 16.1. The number of rotatable bonds is 5. The van der Waals surface area contributed by atoms with E-state index in [4.69, 9.17) is 0 Å². The number of ketones is 1. The molecule has 0 spiro atoms. The maximum absolute atomic E-state index is 11.5. The third kappa shape index (κ3) is 3.21. The number of aromatic nitrogens is 1. The Hall–Kier alpha value is -1.31. The first-order chi connectivity index (χ1) is 6.74. The van der Waals surface area contributed by atoms with Gasteiger partial charge in [-0.1, -0.05) is 20.3 Å². The summed E-state index contributed by atoms with van der Waals surface area (Å²) >= 11 is 0. The van der Waals surface area contributed by atoms with Gasteiger partial charge in [-0.05, 0) is 24.6 Å². The molecule has 1 aromatic heterocycles. The Morgan fingerprint density at radius 2 is 2.07 bits per heavy atom. The molecule has 1 heterocycles. The fraction of sp³-hybridized carbons (Fsp3) is 0.417. The van der Waals surface area contributed by atoms with Crippen molar-refractivity contribution in [1.82, 2.24) is 4.57 Å². The molecule has 0 saturated carbocycles. The van der Waals surface area contributed by atoms with E-state index < -0.39 is 0 Å². The van der Waals surface area contributed by atoms with Crippen LogP contribution in [0.4, 0.5) is 0 Å². The largest absolute Gasteiger partial charge is 0.330 e. The van der Waals surface area contributed by atoms with Crippen LogP contribution in [-0.2, 0) is 4.79 Å². The van der Waals surface area contributed by atoms with Gasteiger partial charge in [0.15, 0.2) is 5.78 Å². The number of hydrogen-bond donors (Lipinski definition) is 0. The number of nitrogens with zero attached hydrogens (tertiary/aromatic N) is 1. The van der Waals surface area contributed by atoms with Crippen LogP contribution in [0.3, 0.4) is 0 Å². The minimum absolute atomic E-state index is 0.145. The van der Waals surface area contributed by atoms with E-state index in [2.05, 4.69) is 6.92 Å². The third-order valence-electron chi connectivity index (χ3n) is 2.25. The van der Waals surface area contributed by atoms with Gasteiger partial charge in [0.25, 0.3) is 0 Å². The van der Waals surface area contributed by atoms with E-state index in [0.29, 0.717) is 0 Å². The lowest BCUT2D eigenvalue weighted by molar-refractivity contribution is -0.117. The van der Waals surface area contributed by atoms with Gasteiger partial charge in [-0.2, -0.15) is 0 Å². The second-order valence-electron chi connectivity index (χ2n) is 3.54. The maximum atomic E-state index is 11.5. The summed E-state index contributed by atoms with van der Waals surface area (Å²) in [6.07, 6.45) is 9.30. The molecule has 0 N–H and O–H groups in total. The number of hydrogen-bond acceptors (Lipinski definition) is 1. The van der Waals surface area contributed by atoms with E-state index in [1.165, 1.54) is 0 Å². The topological polar surface area (TPSA) is 22.0 Å². The van der Waals surface area contributed by atoms with Gasteiger partial charge in [0, 0.05) is 24.5 Å². The van der Waals surface area contributed by atoms with Gasteiger partial charge in [0.2, 0.25) is 0 Å². The van der Waals surface area contributed by atoms with Crippen LogP contribution in [0.25, 0.3) is 6.20 Å².